The zero-order valence-corrected chi connectivity index (χ0v) is 21.7. The molecule has 0 aliphatic rings. The molecule has 0 amide bonds. The van der Waals surface area contributed by atoms with E-state index in [-0.39, 0.29) is 0 Å². The molecule has 0 atom stereocenters. The highest BCUT2D eigenvalue weighted by atomic mass is 15.0. The lowest BCUT2D eigenvalue weighted by Gasteiger charge is -2.15. The molecule has 0 fully saturated rings. The van der Waals surface area contributed by atoms with Crippen LogP contribution in [0.3, 0.4) is 0 Å². The Kier molecular flexibility index (Phi) is 4.77. The molecule has 6 aromatic carbocycles. The summed E-state index contributed by atoms with van der Waals surface area (Å²) >= 11 is 0. The fourth-order valence-corrected chi connectivity index (χ4v) is 6.34. The van der Waals surface area contributed by atoms with Gasteiger partial charge < -0.3 is 9.13 Å². The number of hydrogen-bond donors (Lipinski definition) is 0. The van der Waals surface area contributed by atoms with Gasteiger partial charge in [0.2, 0.25) is 0 Å². The summed E-state index contributed by atoms with van der Waals surface area (Å²) in [6, 6.07) is 50.4. The molecule has 0 radical (unpaired) electrons. The maximum atomic E-state index is 2.44. The van der Waals surface area contributed by atoms with Crippen molar-refractivity contribution in [1.82, 2.24) is 9.13 Å². The summed E-state index contributed by atoms with van der Waals surface area (Å²) in [7, 11) is 0. The van der Waals surface area contributed by atoms with Gasteiger partial charge in [0.15, 0.2) is 0 Å². The first-order valence-electron chi connectivity index (χ1n) is 13.5. The predicted molar refractivity (Wildman–Crippen MR) is 165 cm³/mol. The van der Waals surface area contributed by atoms with E-state index in [9.17, 15) is 0 Å². The first-order chi connectivity index (χ1) is 19.3. The number of para-hydroxylation sites is 3. The van der Waals surface area contributed by atoms with E-state index in [4.69, 9.17) is 0 Å². The van der Waals surface area contributed by atoms with Crippen molar-refractivity contribution in [1.29, 1.82) is 0 Å². The van der Waals surface area contributed by atoms with E-state index in [1.807, 2.05) is 0 Å². The molecule has 8 rings (SSSR count). The molecule has 2 nitrogen and oxygen atoms in total. The number of fused-ring (bicyclic) bond motifs is 6. The van der Waals surface area contributed by atoms with Gasteiger partial charge in [0.05, 0.1) is 27.8 Å². The van der Waals surface area contributed by atoms with Crippen LogP contribution in [-0.2, 0) is 0 Å². The van der Waals surface area contributed by atoms with Gasteiger partial charge in [-0.1, -0.05) is 103 Å². The molecule has 0 aliphatic carbocycles. The lowest BCUT2D eigenvalue weighted by Crippen LogP contribution is -2.01. The van der Waals surface area contributed by atoms with Crippen LogP contribution in [0.5, 0.6) is 0 Å². The van der Waals surface area contributed by atoms with Crippen LogP contribution in [0, 0.1) is 6.92 Å². The van der Waals surface area contributed by atoms with Gasteiger partial charge in [0, 0.05) is 27.2 Å². The van der Waals surface area contributed by atoms with Crippen molar-refractivity contribution in [2.75, 3.05) is 0 Å². The van der Waals surface area contributed by atoms with Gasteiger partial charge in [-0.2, -0.15) is 0 Å². The van der Waals surface area contributed by atoms with Gasteiger partial charge in [-0.15, -0.1) is 0 Å². The Bertz CT molecular complexity index is 2110. The molecule has 2 aromatic heterocycles. The number of nitrogens with zero attached hydrogens (tertiary/aromatic N) is 2. The van der Waals surface area contributed by atoms with Crippen molar-refractivity contribution in [2.45, 2.75) is 6.92 Å². The van der Waals surface area contributed by atoms with Crippen LogP contribution in [0.15, 0.2) is 140 Å². The monoisotopic (exact) mass is 498 g/mol. The molecule has 2 heterocycles. The van der Waals surface area contributed by atoms with Crippen LogP contribution in [-0.4, -0.2) is 9.13 Å². The van der Waals surface area contributed by atoms with Crippen molar-refractivity contribution in [3.05, 3.63) is 145 Å². The van der Waals surface area contributed by atoms with Crippen molar-refractivity contribution >= 4 is 43.6 Å². The third-order valence-corrected chi connectivity index (χ3v) is 8.11. The minimum atomic E-state index is 1.17. The van der Waals surface area contributed by atoms with E-state index in [2.05, 4.69) is 156 Å². The lowest BCUT2D eigenvalue weighted by molar-refractivity contribution is 1.13. The van der Waals surface area contributed by atoms with E-state index < -0.39 is 0 Å². The Balaban J connectivity index is 1.43. The summed E-state index contributed by atoms with van der Waals surface area (Å²) in [5.74, 6) is 0. The highest BCUT2D eigenvalue weighted by Crippen LogP contribution is 2.39. The number of rotatable bonds is 3. The molecule has 39 heavy (non-hydrogen) atoms. The standard InChI is InChI=1S/C37H26N2/c1-25-33(39-35-17-9-5-13-29(35)30-14-6-10-18-36(30)39)24-23-32-31-15-7-8-16-34(31)38(37(25)32)28-21-19-27(20-22-28)26-11-3-2-4-12-26/h2-24H,1H3. The summed E-state index contributed by atoms with van der Waals surface area (Å²) in [5, 5.41) is 5.12. The highest BCUT2D eigenvalue weighted by Gasteiger charge is 2.19. The van der Waals surface area contributed by atoms with Crippen LogP contribution in [0.1, 0.15) is 5.56 Å². The average molecular weight is 499 g/mol. The number of hydrogen-bond acceptors (Lipinski definition) is 0. The molecule has 0 aliphatic heterocycles. The zero-order chi connectivity index (χ0) is 25.9. The van der Waals surface area contributed by atoms with Gasteiger partial charge in [-0.25, -0.2) is 0 Å². The van der Waals surface area contributed by atoms with E-state index in [0.717, 1.165) is 0 Å². The topological polar surface area (TPSA) is 9.86 Å². The Labute approximate surface area is 227 Å². The van der Waals surface area contributed by atoms with Gasteiger partial charge in [0.1, 0.15) is 0 Å². The second-order valence-electron chi connectivity index (χ2n) is 10.2. The van der Waals surface area contributed by atoms with Gasteiger partial charge in [-0.05, 0) is 60.0 Å². The molecular weight excluding hydrogens is 472 g/mol. The SMILES string of the molecule is Cc1c(-n2c3ccccc3c3ccccc32)ccc2c3ccccc3n(-c3ccc(-c4ccccc4)cc3)c12. The van der Waals surface area contributed by atoms with E-state index in [1.54, 1.807) is 0 Å². The molecule has 8 aromatic rings. The quantitative estimate of drug-likeness (QED) is 0.229. The zero-order valence-electron chi connectivity index (χ0n) is 21.7. The van der Waals surface area contributed by atoms with Crippen molar-refractivity contribution in [2.24, 2.45) is 0 Å². The molecule has 2 heteroatoms. The van der Waals surface area contributed by atoms with Crippen LogP contribution < -0.4 is 0 Å². The summed E-state index contributed by atoms with van der Waals surface area (Å²) in [6.07, 6.45) is 0. The smallest absolute Gasteiger partial charge is 0.0591 e. The maximum Gasteiger partial charge on any atom is 0.0591 e. The van der Waals surface area contributed by atoms with Crippen LogP contribution in [0.4, 0.5) is 0 Å². The molecule has 0 N–H and O–H groups in total. The fraction of sp³-hybridized carbons (Fsp3) is 0.0270. The third kappa shape index (κ3) is 3.22. The molecular formula is C37H26N2. The Morgan fingerprint density at radius 3 is 1.49 bits per heavy atom. The Hall–Kier alpha value is -5.08. The third-order valence-electron chi connectivity index (χ3n) is 8.11. The molecule has 0 saturated heterocycles. The molecule has 0 spiro atoms. The van der Waals surface area contributed by atoms with Gasteiger partial charge in [-0.3, -0.25) is 0 Å². The van der Waals surface area contributed by atoms with Crippen molar-refractivity contribution in [3.63, 3.8) is 0 Å². The van der Waals surface area contributed by atoms with Crippen molar-refractivity contribution < 1.29 is 0 Å². The second kappa shape index (κ2) is 8.47. The van der Waals surface area contributed by atoms with Gasteiger partial charge >= 0.3 is 0 Å². The molecule has 184 valence electrons. The first-order valence-corrected chi connectivity index (χ1v) is 13.5. The minimum Gasteiger partial charge on any atom is -0.309 e. The Morgan fingerprint density at radius 2 is 0.872 bits per heavy atom. The summed E-state index contributed by atoms with van der Waals surface area (Å²) in [5.41, 5.74) is 11.0. The maximum absolute atomic E-state index is 2.44. The lowest BCUT2D eigenvalue weighted by atomic mass is 10.1. The van der Waals surface area contributed by atoms with E-state index in [0.29, 0.717) is 0 Å². The average Bonchev–Trinajstić information content (AvgIpc) is 3.52. The predicted octanol–water partition coefficient (Wildman–Crippen LogP) is 9.86. The fourth-order valence-electron chi connectivity index (χ4n) is 6.34. The van der Waals surface area contributed by atoms with Crippen LogP contribution in [0.25, 0.3) is 66.1 Å². The van der Waals surface area contributed by atoms with Crippen LogP contribution in [0.2, 0.25) is 0 Å². The van der Waals surface area contributed by atoms with Crippen molar-refractivity contribution in [3.8, 4) is 22.5 Å². The Morgan fingerprint density at radius 1 is 0.385 bits per heavy atom. The first kappa shape index (κ1) is 22.0. The van der Waals surface area contributed by atoms with Crippen LogP contribution >= 0.6 is 0 Å². The van der Waals surface area contributed by atoms with E-state index in [1.165, 1.54) is 71.7 Å². The normalized spacial score (nSPS) is 11.7. The summed E-state index contributed by atoms with van der Waals surface area (Å²) < 4.78 is 4.87. The molecule has 0 saturated carbocycles. The largest absolute Gasteiger partial charge is 0.309 e. The summed E-state index contributed by atoms with van der Waals surface area (Å²) in [4.78, 5) is 0. The minimum absolute atomic E-state index is 1.17. The number of aryl methyl sites for hydroxylation is 1. The molecule has 0 bridgehead atoms. The summed E-state index contributed by atoms with van der Waals surface area (Å²) in [6.45, 7) is 2.27. The van der Waals surface area contributed by atoms with E-state index >= 15 is 0 Å². The number of aromatic nitrogens is 2. The number of benzene rings is 6. The van der Waals surface area contributed by atoms with Gasteiger partial charge in [0.25, 0.3) is 0 Å². The second-order valence-corrected chi connectivity index (χ2v) is 10.2. The highest BCUT2D eigenvalue weighted by molar-refractivity contribution is 6.13. The molecule has 0 unspecified atom stereocenters.